The fourth-order valence-electron chi connectivity index (χ4n) is 3.71. The largest absolute Gasteiger partial charge is 0.444 e. The zero-order valence-electron chi connectivity index (χ0n) is 18.0. The van der Waals surface area contributed by atoms with Gasteiger partial charge < -0.3 is 14.4 Å². The second-order valence-corrected chi connectivity index (χ2v) is 9.25. The second kappa shape index (κ2) is 7.67. The summed E-state index contributed by atoms with van der Waals surface area (Å²) in [6.45, 7) is 12.3. The third-order valence-electron chi connectivity index (χ3n) is 4.61. The molecule has 1 aliphatic heterocycles. The number of benzene rings is 2. The summed E-state index contributed by atoms with van der Waals surface area (Å²) in [5.74, 6) is -0.134. The number of ether oxygens (including phenoxy) is 2. The Kier molecular flexibility index (Phi) is 5.59. The molecule has 1 atom stereocenters. The van der Waals surface area contributed by atoms with Gasteiger partial charge in [0.1, 0.15) is 5.60 Å². The number of anilines is 1. The van der Waals surface area contributed by atoms with Crippen molar-refractivity contribution >= 4 is 28.5 Å². The zero-order chi connectivity index (χ0) is 21.4. The Hall–Kier alpha value is -2.60. The molecule has 156 valence electrons. The van der Waals surface area contributed by atoms with Crippen LogP contribution in [0.15, 0.2) is 36.4 Å². The lowest BCUT2D eigenvalue weighted by atomic mass is 10.0. The van der Waals surface area contributed by atoms with Crippen molar-refractivity contribution in [1.82, 2.24) is 4.90 Å². The molecule has 0 radical (unpaired) electrons. The van der Waals surface area contributed by atoms with Crippen LogP contribution in [0.3, 0.4) is 0 Å². The number of fused-ring (bicyclic) bond motifs is 1. The number of rotatable bonds is 2. The number of carbonyl (C=O) groups is 2. The zero-order valence-corrected chi connectivity index (χ0v) is 18.0. The van der Waals surface area contributed by atoms with Crippen LogP contribution < -0.4 is 5.32 Å². The van der Waals surface area contributed by atoms with Crippen molar-refractivity contribution < 1.29 is 19.1 Å². The van der Waals surface area contributed by atoms with E-state index in [9.17, 15) is 9.59 Å². The Labute approximate surface area is 172 Å². The van der Waals surface area contributed by atoms with Gasteiger partial charge in [0, 0.05) is 13.1 Å². The van der Waals surface area contributed by atoms with Crippen molar-refractivity contribution in [2.24, 2.45) is 0 Å². The Morgan fingerprint density at radius 1 is 1.17 bits per heavy atom. The highest BCUT2D eigenvalue weighted by Crippen LogP contribution is 2.29. The Morgan fingerprint density at radius 2 is 1.79 bits per heavy atom. The first kappa shape index (κ1) is 21.1. The second-order valence-electron chi connectivity index (χ2n) is 9.25. The molecule has 1 unspecified atom stereocenters. The maximum atomic E-state index is 13.4. The van der Waals surface area contributed by atoms with E-state index in [1.165, 1.54) is 0 Å². The molecule has 6 nitrogen and oxygen atoms in total. The van der Waals surface area contributed by atoms with E-state index < -0.39 is 17.3 Å². The molecular weight excluding hydrogens is 368 g/mol. The van der Waals surface area contributed by atoms with Crippen molar-refractivity contribution in [3.8, 4) is 0 Å². The monoisotopic (exact) mass is 398 g/mol. The number of amides is 2. The predicted molar refractivity (Wildman–Crippen MR) is 114 cm³/mol. The van der Waals surface area contributed by atoms with Gasteiger partial charge in [0.25, 0.3) is 5.91 Å². The lowest BCUT2D eigenvalue weighted by Gasteiger charge is -2.41. The summed E-state index contributed by atoms with van der Waals surface area (Å²) in [5, 5.41) is 4.64. The van der Waals surface area contributed by atoms with Gasteiger partial charge >= 0.3 is 6.09 Å². The minimum atomic E-state index is -0.630. The summed E-state index contributed by atoms with van der Waals surface area (Å²) in [4.78, 5) is 27.6. The van der Waals surface area contributed by atoms with Crippen molar-refractivity contribution in [2.45, 2.75) is 58.8 Å². The normalized spacial score (nSPS) is 19.1. The van der Waals surface area contributed by atoms with E-state index in [1.54, 1.807) is 25.7 Å². The highest BCUT2D eigenvalue weighted by molar-refractivity contribution is 6.07. The first-order valence-corrected chi connectivity index (χ1v) is 9.93. The smallest absolute Gasteiger partial charge is 0.412 e. The van der Waals surface area contributed by atoms with Crippen LogP contribution in [0.5, 0.6) is 0 Å². The van der Waals surface area contributed by atoms with E-state index in [2.05, 4.69) is 5.32 Å². The van der Waals surface area contributed by atoms with Crippen LogP contribution in [0.25, 0.3) is 10.8 Å². The fourth-order valence-corrected chi connectivity index (χ4v) is 3.71. The molecule has 0 aromatic heterocycles. The van der Waals surface area contributed by atoms with E-state index in [-0.39, 0.29) is 12.0 Å². The van der Waals surface area contributed by atoms with Gasteiger partial charge in [-0.15, -0.1) is 0 Å². The van der Waals surface area contributed by atoms with Crippen LogP contribution in [0.4, 0.5) is 10.5 Å². The SMILES string of the molecule is CC1CN(C(=O)c2cc3ccccc3cc2NC(=O)OC(C)(C)C)CC(C)(C)O1. The molecule has 1 fully saturated rings. The number of nitrogens with one attached hydrogen (secondary N) is 1. The van der Waals surface area contributed by atoms with Gasteiger partial charge in [-0.3, -0.25) is 10.1 Å². The molecule has 6 heteroatoms. The Bertz CT molecular complexity index is 930. The maximum absolute atomic E-state index is 13.4. The van der Waals surface area contributed by atoms with Crippen LogP contribution >= 0.6 is 0 Å². The van der Waals surface area contributed by atoms with Gasteiger partial charge in [-0.05, 0) is 64.4 Å². The lowest BCUT2D eigenvalue weighted by molar-refractivity contribution is -0.118. The summed E-state index contributed by atoms with van der Waals surface area (Å²) < 4.78 is 11.3. The lowest BCUT2D eigenvalue weighted by Crippen LogP contribution is -2.53. The minimum absolute atomic E-state index is 0.0644. The van der Waals surface area contributed by atoms with E-state index in [1.807, 2.05) is 57.2 Å². The summed E-state index contributed by atoms with van der Waals surface area (Å²) in [6, 6.07) is 11.4. The molecule has 1 saturated heterocycles. The molecule has 0 spiro atoms. The third-order valence-corrected chi connectivity index (χ3v) is 4.61. The fraction of sp³-hybridized carbons (Fsp3) is 0.478. The molecule has 0 aliphatic carbocycles. The van der Waals surface area contributed by atoms with Crippen molar-refractivity contribution in [3.05, 3.63) is 42.0 Å². The van der Waals surface area contributed by atoms with Gasteiger partial charge in [0.05, 0.1) is 23.0 Å². The molecule has 2 amide bonds. The summed E-state index contributed by atoms with van der Waals surface area (Å²) in [5.41, 5.74) is -0.170. The van der Waals surface area contributed by atoms with E-state index in [4.69, 9.17) is 9.47 Å². The number of hydrogen-bond donors (Lipinski definition) is 1. The number of morpholine rings is 1. The van der Waals surface area contributed by atoms with Gasteiger partial charge in [0.2, 0.25) is 0 Å². The first-order valence-electron chi connectivity index (χ1n) is 9.93. The van der Waals surface area contributed by atoms with Crippen LogP contribution in [0.1, 0.15) is 51.9 Å². The molecular formula is C23H30N2O4. The van der Waals surface area contributed by atoms with Gasteiger partial charge in [-0.1, -0.05) is 24.3 Å². The molecule has 1 heterocycles. The standard InChI is InChI=1S/C23H30N2O4/c1-15-13-25(14-23(5,6)28-15)20(26)18-11-16-9-7-8-10-17(16)12-19(18)24-21(27)29-22(2,3)4/h7-12,15H,13-14H2,1-6H3,(H,24,27). The van der Waals surface area contributed by atoms with Crippen molar-refractivity contribution in [2.75, 3.05) is 18.4 Å². The number of nitrogens with zero attached hydrogens (tertiary/aromatic N) is 1. The summed E-state index contributed by atoms with van der Waals surface area (Å²) in [6.07, 6.45) is -0.650. The van der Waals surface area contributed by atoms with Gasteiger partial charge in [0.15, 0.2) is 0 Å². The van der Waals surface area contributed by atoms with Gasteiger partial charge in [-0.25, -0.2) is 4.79 Å². The van der Waals surface area contributed by atoms with E-state index >= 15 is 0 Å². The molecule has 0 bridgehead atoms. The third kappa shape index (κ3) is 5.26. The van der Waals surface area contributed by atoms with Crippen LogP contribution in [0, 0.1) is 0 Å². The highest BCUT2D eigenvalue weighted by atomic mass is 16.6. The number of carbonyl (C=O) groups excluding carboxylic acids is 2. The highest BCUT2D eigenvalue weighted by Gasteiger charge is 2.35. The average Bonchev–Trinajstić information content (AvgIpc) is 2.57. The predicted octanol–water partition coefficient (Wildman–Crippen LogP) is 4.83. The molecule has 1 N–H and O–H groups in total. The topological polar surface area (TPSA) is 67.9 Å². The molecule has 1 aliphatic rings. The summed E-state index contributed by atoms with van der Waals surface area (Å²) in [7, 11) is 0. The minimum Gasteiger partial charge on any atom is -0.444 e. The molecule has 3 rings (SSSR count). The van der Waals surface area contributed by atoms with Gasteiger partial charge in [-0.2, -0.15) is 0 Å². The maximum Gasteiger partial charge on any atom is 0.412 e. The number of hydrogen-bond acceptors (Lipinski definition) is 4. The molecule has 2 aromatic rings. The summed E-state index contributed by atoms with van der Waals surface area (Å²) >= 11 is 0. The first-order chi connectivity index (χ1) is 13.4. The average molecular weight is 399 g/mol. The Balaban J connectivity index is 1.98. The molecule has 2 aromatic carbocycles. The molecule has 29 heavy (non-hydrogen) atoms. The van der Waals surface area contributed by atoms with E-state index in [0.29, 0.717) is 24.3 Å². The Morgan fingerprint density at radius 3 is 2.38 bits per heavy atom. The van der Waals surface area contributed by atoms with Crippen molar-refractivity contribution in [3.63, 3.8) is 0 Å². The molecule has 0 saturated carbocycles. The van der Waals surface area contributed by atoms with Crippen LogP contribution in [-0.4, -0.2) is 47.3 Å². The van der Waals surface area contributed by atoms with Crippen LogP contribution in [0.2, 0.25) is 0 Å². The van der Waals surface area contributed by atoms with Crippen LogP contribution in [-0.2, 0) is 9.47 Å². The quantitative estimate of drug-likeness (QED) is 0.787. The van der Waals surface area contributed by atoms with Crippen molar-refractivity contribution in [1.29, 1.82) is 0 Å². The van der Waals surface area contributed by atoms with E-state index in [0.717, 1.165) is 10.8 Å².